The second-order valence-corrected chi connectivity index (χ2v) is 7.94. The van der Waals surface area contributed by atoms with Crippen molar-refractivity contribution in [1.82, 2.24) is 15.3 Å². The second-order valence-electron chi connectivity index (χ2n) is 7.94. The highest BCUT2D eigenvalue weighted by Gasteiger charge is 2.12. The normalized spacial score (nSPS) is 14.0. The van der Waals surface area contributed by atoms with Crippen LogP contribution in [0.4, 0.5) is 0 Å². The van der Waals surface area contributed by atoms with E-state index < -0.39 is 5.56 Å². The zero-order valence-electron chi connectivity index (χ0n) is 17.9. The summed E-state index contributed by atoms with van der Waals surface area (Å²) < 4.78 is 5.40. The minimum atomic E-state index is -0.510. The van der Waals surface area contributed by atoms with E-state index >= 15 is 0 Å². The van der Waals surface area contributed by atoms with Crippen LogP contribution in [0.2, 0.25) is 0 Å². The molecule has 0 unspecified atom stereocenters. The van der Waals surface area contributed by atoms with E-state index in [9.17, 15) is 9.90 Å². The van der Waals surface area contributed by atoms with Crippen LogP contribution in [0.15, 0.2) is 59.7 Å². The molecule has 32 heavy (non-hydrogen) atoms. The highest BCUT2D eigenvalue weighted by Crippen LogP contribution is 2.12. The van der Waals surface area contributed by atoms with Crippen molar-refractivity contribution in [2.45, 2.75) is 38.3 Å². The van der Waals surface area contributed by atoms with Gasteiger partial charge in [0.05, 0.1) is 12.0 Å². The van der Waals surface area contributed by atoms with Crippen molar-refractivity contribution in [3.8, 4) is 17.6 Å². The zero-order chi connectivity index (χ0) is 22.2. The van der Waals surface area contributed by atoms with E-state index in [4.69, 9.17) is 4.74 Å². The summed E-state index contributed by atoms with van der Waals surface area (Å²) in [5, 5.41) is 13.4. The van der Waals surface area contributed by atoms with E-state index in [1.54, 1.807) is 0 Å². The number of benzene rings is 2. The van der Waals surface area contributed by atoms with Gasteiger partial charge >= 0.3 is 0 Å². The lowest BCUT2D eigenvalue weighted by Crippen LogP contribution is -2.34. The smallest absolute Gasteiger partial charge is 0.293 e. The molecule has 1 saturated heterocycles. The minimum absolute atomic E-state index is 0.305. The molecule has 3 N–H and O–H groups in total. The van der Waals surface area contributed by atoms with Gasteiger partial charge in [-0.2, -0.15) is 0 Å². The first-order valence-electron chi connectivity index (χ1n) is 10.9. The summed E-state index contributed by atoms with van der Waals surface area (Å²) in [6, 6.07) is 16.9. The van der Waals surface area contributed by atoms with E-state index in [1.165, 1.54) is 11.9 Å². The molecule has 2 heterocycles. The molecule has 1 aliphatic rings. The Hall–Kier alpha value is -3.40. The highest BCUT2D eigenvalue weighted by atomic mass is 16.5. The van der Waals surface area contributed by atoms with Crippen molar-refractivity contribution in [2.24, 2.45) is 0 Å². The second kappa shape index (κ2) is 10.8. The van der Waals surface area contributed by atoms with Gasteiger partial charge in [0.2, 0.25) is 5.75 Å². The molecule has 0 radical (unpaired) electrons. The Morgan fingerprint density at radius 2 is 1.59 bits per heavy atom. The summed E-state index contributed by atoms with van der Waals surface area (Å²) in [7, 11) is 0. The Morgan fingerprint density at radius 1 is 0.969 bits per heavy atom. The number of hydrogen-bond acceptors (Lipinski definition) is 5. The van der Waals surface area contributed by atoms with Crippen LogP contribution in [0.3, 0.4) is 0 Å². The quantitative estimate of drug-likeness (QED) is 0.525. The van der Waals surface area contributed by atoms with Crippen molar-refractivity contribution in [1.29, 1.82) is 0 Å². The maximum absolute atomic E-state index is 11.4. The molecule has 0 spiro atoms. The van der Waals surface area contributed by atoms with Crippen molar-refractivity contribution in [3.63, 3.8) is 0 Å². The highest BCUT2D eigenvalue weighted by molar-refractivity contribution is 5.44. The van der Waals surface area contributed by atoms with E-state index in [0.717, 1.165) is 49.3 Å². The van der Waals surface area contributed by atoms with Crippen molar-refractivity contribution in [2.75, 3.05) is 13.2 Å². The molecule has 0 atom stereocenters. The lowest BCUT2D eigenvalue weighted by molar-refractivity contribution is 0.0776. The van der Waals surface area contributed by atoms with Crippen LogP contribution in [0.1, 0.15) is 40.8 Å². The van der Waals surface area contributed by atoms with E-state index in [-0.39, 0.29) is 5.75 Å². The topological polar surface area (TPSA) is 87.2 Å². The Labute approximate surface area is 187 Å². The third-order valence-electron chi connectivity index (χ3n) is 5.63. The van der Waals surface area contributed by atoms with Crippen LogP contribution < -0.4 is 10.9 Å². The van der Waals surface area contributed by atoms with Crippen LogP contribution in [-0.2, 0) is 24.1 Å². The van der Waals surface area contributed by atoms with Gasteiger partial charge in [0, 0.05) is 36.9 Å². The number of aromatic nitrogens is 2. The molecule has 0 aliphatic carbocycles. The molecule has 3 aromatic rings. The lowest BCUT2D eigenvalue weighted by atomic mass is 10.1. The molecule has 1 aromatic heterocycles. The summed E-state index contributed by atoms with van der Waals surface area (Å²) in [4.78, 5) is 17.8. The summed E-state index contributed by atoms with van der Waals surface area (Å²) >= 11 is 0. The standard InChI is InChI=1S/C26H27N3O3/c30-25-24(28-18-29-26(25)31)12-11-21-5-3-19(4-6-21)1-2-20-7-9-22(10-8-20)17-27-23-13-15-32-16-14-23/h3-10,18,23,27,30H,11-17H2,(H,28,29,31). The molecule has 0 saturated carbocycles. The first kappa shape index (κ1) is 21.8. The van der Waals surface area contributed by atoms with Gasteiger partial charge in [0.1, 0.15) is 0 Å². The first-order valence-corrected chi connectivity index (χ1v) is 10.9. The number of aryl methyl sites for hydroxylation is 2. The number of aromatic hydroxyl groups is 1. The summed E-state index contributed by atoms with van der Waals surface area (Å²) in [5.74, 6) is 6.12. The molecule has 164 valence electrons. The zero-order valence-corrected chi connectivity index (χ0v) is 17.9. The first-order chi connectivity index (χ1) is 15.7. The van der Waals surface area contributed by atoms with Gasteiger partial charge in [-0.25, -0.2) is 4.98 Å². The van der Waals surface area contributed by atoms with Crippen molar-refractivity contribution < 1.29 is 9.84 Å². The van der Waals surface area contributed by atoms with Crippen LogP contribution in [-0.4, -0.2) is 34.3 Å². The van der Waals surface area contributed by atoms with Crippen LogP contribution in [0, 0.1) is 11.8 Å². The van der Waals surface area contributed by atoms with E-state index in [0.29, 0.717) is 24.6 Å². The number of aromatic amines is 1. The van der Waals surface area contributed by atoms with Crippen molar-refractivity contribution in [3.05, 3.63) is 93.2 Å². The summed E-state index contributed by atoms with van der Waals surface area (Å²) in [6.07, 6.45) is 4.64. The molecule has 6 nitrogen and oxygen atoms in total. The maximum Gasteiger partial charge on any atom is 0.293 e. The number of rotatable bonds is 6. The third kappa shape index (κ3) is 6.07. The molecule has 2 aromatic carbocycles. The van der Waals surface area contributed by atoms with Gasteiger partial charge in [0.15, 0.2) is 0 Å². The predicted octanol–water partition coefficient (Wildman–Crippen LogP) is 2.93. The molecular formula is C26H27N3O3. The maximum atomic E-state index is 11.4. The van der Waals surface area contributed by atoms with Gasteiger partial charge in [-0.3, -0.25) is 4.79 Å². The molecule has 1 aliphatic heterocycles. The molecule has 0 bridgehead atoms. The Bertz CT molecular complexity index is 1140. The number of nitrogens with zero attached hydrogens (tertiary/aromatic N) is 1. The fraction of sp³-hybridized carbons (Fsp3) is 0.308. The van der Waals surface area contributed by atoms with E-state index in [1.807, 2.05) is 24.3 Å². The molecular weight excluding hydrogens is 402 g/mol. The van der Waals surface area contributed by atoms with Gasteiger partial charge < -0.3 is 20.1 Å². The average molecular weight is 430 g/mol. The Morgan fingerprint density at radius 3 is 2.25 bits per heavy atom. The number of nitrogens with one attached hydrogen (secondary N) is 2. The SMILES string of the molecule is O=c1[nH]cnc(CCc2ccc(C#Cc3ccc(CNC4CCOCC4)cc3)cc2)c1O. The molecule has 6 heteroatoms. The third-order valence-corrected chi connectivity index (χ3v) is 5.63. The van der Waals surface area contributed by atoms with Crippen LogP contribution >= 0.6 is 0 Å². The summed E-state index contributed by atoms with van der Waals surface area (Å²) in [6.45, 7) is 2.56. The monoisotopic (exact) mass is 429 g/mol. The molecule has 1 fully saturated rings. The Balaban J connectivity index is 1.29. The number of ether oxygens (including phenoxy) is 1. The molecule has 4 rings (SSSR count). The van der Waals surface area contributed by atoms with Gasteiger partial charge in [-0.05, 0) is 61.1 Å². The summed E-state index contributed by atoms with van der Waals surface area (Å²) in [5.41, 5.74) is 4.18. The molecule has 0 amide bonds. The van der Waals surface area contributed by atoms with Gasteiger partial charge in [-0.1, -0.05) is 36.1 Å². The lowest BCUT2D eigenvalue weighted by Gasteiger charge is -2.23. The largest absolute Gasteiger partial charge is 0.502 e. The van der Waals surface area contributed by atoms with Gasteiger partial charge in [-0.15, -0.1) is 0 Å². The fourth-order valence-electron chi connectivity index (χ4n) is 3.64. The predicted molar refractivity (Wildman–Crippen MR) is 123 cm³/mol. The fourth-order valence-corrected chi connectivity index (χ4v) is 3.64. The minimum Gasteiger partial charge on any atom is -0.502 e. The average Bonchev–Trinajstić information content (AvgIpc) is 2.84. The number of H-pyrrole nitrogens is 1. The Kier molecular flexibility index (Phi) is 7.34. The van der Waals surface area contributed by atoms with Crippen molar-refractivity contribution >= 4 is 0 Å². The number of hydrogen-bond donors (Lipinski definition) is 3. The van der Waals surface area contributed by atoms with Crippen LogP contribution in [0.25, 0.3) is 0 Å². The van der Waals surface area contributed by atoms with E-state index in [2.05, 4.69) is 51.4 Å². The van der Waals surface area contributed by atoms with Crippen LogP contribution in [0.5, 0.6) is 5.75 Å². The van der Waals surface area contributed by atoms with Gasteiger partial charge in [0.25, 0.3) is 5.56 Å².